The lowest BCUT2D eigenvalue weighted by molar-refractivity contribution is -0.141. The van der Waals surface area contributed by atoms with E-state index in [0.717, 1.165) is 17.7 Å². The van der Waals surface area contributed by atoms with Crippen LogP contribution < -0.4 is 10.1 Å². The molecule has 1 aromatic carbocycles. The first-order chi connectivity index (χ1) is 9.38. The Labute approximate surface area is 116 Å². The van der Waals surface area contributed by atoms with Crippen LogP contribution in [0.2, 0.25) is 0 Å². The number of hydrogen-bond donors (Lipinski definition) is 3. The summed E-state index contributed by atoms with van der Waals surface area (Å²) >= 11 is 0. The van der Waals surface area contributed by atoms with Crippen LogP contribution in [0.3, 0.4) is 0 Å². The van der Waals surface area contributed by atoms with E-state index >= 15 is 0 Å². The molecule has 0 radical (unpaired) electrons. The molecule has 108 valence electrons. The van der Waals surface area contributed by atoms with E-state index in [0.29, 0.717) is 5.56 Å². The molecule has 3 N–H and O–H groups in total. The molecule has 1 heterocycles. The third-order valence-corrected chi connectivity index (χ3v) is 3.19. The van der Waals surface area contributed by atoms with Crippen molar-refractivity contribution in [3.63, 3.8) is 0 Å². The summed E-state index contributed by atoms with van der Waals surface area (Å²) in [6.45, 7) is 3.25. The Balaban J connectivity index is 2.14. The fraction of sp³-hybridized carbons (Fsp3) is 0.429. The molecule has 0 saturated carbocycles. The number of ether oxygens (including phenoxy) is 1. The smallest absolute Gasteiger partial charge is 0.328 e. The highest BCUT2D eigenvalue weighted by Crippen LogP contribution is 2.29. The minimum Gasteiger partial charge on any atom is -0.490 e. The van der Waals surface area contributed by atoms with Gasteiger partial charge in [0.05, 0.1) is 6.10 Å². The first-order valence-electron chi connectivity index (χ1n) is 6.40. The number of rotatable bonds is 4. The molecule has 6 heteroatoms. The SMILES string of the molecule is CC1Cc2cc(C(=O)N[C@H](C(=O)O)[C@@H](C)O)ccc2O1. The molecule has 0 saturated heterocycles. The first-order valence-corrected chi connectivity index (χ1v) is 6.40. The Hall–Kier alpha value is -2.08. The van der Waals surface area contributed by atoms with Gasteiger partial charge in [-0.1, -0.05) is 0 Å². The van der Waals surface area contributed by atoms with Crippen LogP contribution in [-0.2, 0) is 11.2 Å². The maximum atomic E-state index is 12.0. The molecule has 0 aliphatic carbocycles. The highest BCUT2D eigenvalue weighted by atomic mass is 16.5. The molecular formula is C14H17NO5. The normalized spacial score (nSPS) is 19.6. The standard InChI is InChI=1S/C14H17NO5/c1-7-5-10-6-9(3-4-11(10)20-7)13(17)15-12(8(2)16)14(18)19/h3-4,6-8,12,16H,5H2,1-2H3,(H,15,17)(H,18,19)/t7?,8-,12+/m1/s1. The molecule has 3 atom stereocenters. The van der Waals surface area contributed by atoms with Crippen molar-refractivity contribution in [2.24, 2.45) is 0 Å². The quantitative estimate of drug-likeness (QED) is 0.749. The maximum absolute atomic E-state index is 12.0. The highest BCUT2D eigenvalue weighted by molar-refractivity contribution is 5.97. The van der Waals surface area contributed by atoms with Gasteiger partial charge < -0.3 is 20.3 Å². The van der Waals surface area contributed by atoms with Crippen molar-refractivity contribution in [2.75, 3.05) is 0 Å². The van der Waals surface area contributed by atoms with Crippen molar-refractivity contribution >= 4 is 11.9 Å². The summed E-state index contributed by atoms with van der Waals surface area (Å²) < 4.78 is 5.53. The van der Waals surface area contributed by atoms with Crippen LogP contribution in [0.1, 0.15) is 29.8 Å². The number of carbonyl (C=O) groups excluding carboxylic acids is 1. The third-order valence-electron chi connectivity index (χ3n) is 3.19. The summed E-state index contributed by atoms with van der Waals surface area (Å²) in [4.78, 5) is 23.0. The topological polar surface area (TPSA) is 95.9 Å². The van der Waals surface area contributed by atoms with E-state index < -0.39 is 24.0 Å². The Bertz CT molecular complexity index is 540. The Kier molecular flexibility index (Phi) is 3.94. The molecule has 1 unspecified atom stereocenters. The molecule has 1 aromatic rings. The summed E-state index contributed by atoms with van der Waals surface area (Å²) in [6.07, 6.45) is -0.378. The lowest BCUT2D eigenvalue weighted by Crippen LogP contribution is -2.47. The Morgan fingerprint density at radius 3 is 2.75 bits per heavy atom. The second-order valence-electron chi connectivity index (χ2n) is 4.99. The number of amides is 1. The van der Waals surface area contributed by atoms with E-state index in [1.54, 1.807) is 18.2 Å². The van der Waals surface area contributed by atoms with Gasteiger partial charge in [-0.25, -0.2) is 4.79 Å². The molecule has 1 amide bonds. The van der Waals surface area contributed by atoms with E-state index in [4.69, 9.17) is 9.84 Å². The largest absolute Gasteiger partial charge is 0.490 e. The van der Waals surface area contributed by atoms with E-state index in [-0.39, 0.29) is 6.10 Å². The summed E-state index contributed by atoms with van der Waals surface area (Å²) in [6, 6.07) is 3.64. The average Bonchev–Trinajstić information content (AvgIpc) is 2.73. The molecule has 0 bridgehead atoms. The zero-order chi connectivity index (χ0) is 14.9. The lowest BCUT2D eigenvalue weighted by atomic mass is 10.1. The number of nitrogens with one attached hydrogen (secondary N) is 1. The van der Waals surface area contributed by atoms with E-state index in [2.05, 4.69) is 5.32 Å². The molecule has 0 fully saturated rings. The van der Waals surface area contributed by atoms with Crippen molar-refractivity contribution in [2.45, 2.75) is 38.5 Å². The summed E-state index contributed by atoms with van der Waals surface area (Å²) in [5.41, 5.74) is 1.28. The van der Waals surface area contributed by atoms with Crippen molar-refractivity contribution < 1.29 is 24.5 Å². The molecular weight excluding hydrogens is 262 g/mol. The van der Waals surface area contributed by atoms with Gasteiger partial charge in [-0.3, -0.25) is 4.79 Å². The van der Waals surface area contributed by atoms with Crippen LogP contribution in [0.4, 0.5) is 0 Å². The number of carbonyl (C=O) groups is 2. The third kappa shape index (κ3) is 2.91. The van der Waals surface area contributed by atoms with Gasteiger partial charge >= 0.3 is 5.97 Å². The molecule has 1 aliphatic heterocycles. The van der Waals surface area contributed by atoms with Crippen LogP contribution in [0.25, 0.3) is 0 Å². The molecule has 2 rings (SSSR count). The highest BCUT2D eigenvalue weighted by Gasteiger charge is 2.26. The van der Waals surface area contributed by atoms with Gasteiger partial charge in [-0.05, 0) is 37.6 Å². The minimum atomic E-state index is -1.33. The van der Waals surface area contributed by atoms with Gasteiger partial charge in [0.2, 0.25) is 0 Å². The number of carboxylic acids is 1. The van der Waals surface area contributed by atoms with Gasteiger partial charge in [0.1, 0.15) is 11.9 Å². The maximum Gasteiger partial charge on any atom is 0.328 e. The molecule has 0 spiro atoms. The number of benzene rings is 1. The number of aliphatic hydroxyl groups is 1. The minimum absolute atomic E-state index is 0.0764. The van der Waals surface area contributed by atoms with E-state index in [1.165, 1.54) is 6.92 Å². The van der Waals surface area contributed by atoms with Crippen LogP contribution in [-0.4, -0.2) is 40.3 Å². The molecule has 20 heavy (non-hydrogen) atoms. The van der Waals surface area contributed by atoms with Crippen molar-refractivity contribution in [1.29, 1.82) is 0 Å². The lowest BCUT2D eigenvalue weighted by Gasteiger charge is -2.17. The Morgan fingerprint density at radius 1 is 1.45 bits per heavy atom. The second kappa shape index (κ2) is 5.50. The number of carboxylic acid groups (broad SMARTS) is 1. The number of fused-ring (bicyclic) bond motifs is 1. The first kappa shape index (κ1) is 14.3. The van der Waals surface area contributed by atoms with Crippen LogP contribution in [0, 0.1) is 0 Å². The van der Waals surface area contributed by atoms with Crippen molar-refractivity contribution in [3.05, 3.63) is 29.3 Å². The van der Waals surface area contributed by atoms with E-state index in [9.17, 15) is 14.7 Å². The van der Waals surface area contributed by atoms with Gasteiger partial charge in [0.25, 0.3) is 5.91 Å². The van der Waals surface area contributed by atoms with Crippen LogP contribution >= 0.6 is 0 Å². The van der Waals surface area contributed by atoms with E-state index in [1.807, 2.05) is 6.92 Å². The summed E-state index contributed by atoms with van der Waals surface area (Å²) in [5, 5.41) is 20.6. The van der Waals surface area contributed by atoms with Gasteiger partial charge in [0.15, 0.2) is 6.04 Å². The van der Waals surface area contributed by atoms with Gasteiger partial charge in [0, 0.05) is 12.0 Å². The number of hydrogen-bond acceptors (Lipinski definition) is 4. The zero-order valence-corrected chi connectivity index (χ0v) is 11.3. The van der Waals surface area contributed by atoms with Crippen molar-refractivity contribution in [1.82, 2.24) is 5.32 Å². The molecule has 0 aromatic heterocycles. The molecule has 1 aliphatic rings. The Morgan fingerprint density at radius 2 is 2.15 bits per heavy atom. The average molecular weight is 279 g/mol. The second-order valence-corrected chi connectivity index (χ2v) is 4.99. The zero-order valence-electron chi connectivity index (χ0n) is 11.3. The predicted molar refractivity (Wildman–Crippen MR) is 70.8 cm³/mol. The van der Waals surface area contributed by atoms with Crippen molar-refractivity contribution in [3.8, 4) is 5.75 Å². The fourth-order valence-corrected chi connectivity index (χ4v) is 2.18. The predicted octanol–water partition coefficient (Wildman–Crippen LogP) is 0.574. The number of aliphatic hydroxyl groups excluding tert-OH is 1. The monoisotopic (exact) mass is 279 g/mol. The summed E-state index contributed by atoms with van der Waals surface area (Å²) in [5.74, 6) is -1.05. The van der Waals surface area contributed by atoms with Crippen LogP contribution in [0.15, 0.2) is 18.2 Å². The molecule has 6 nitrogen and oxygen atoms in total. The van der Waals surface area contributed by atoms with Gasteiger partial charge in [-0.15, -0.1) is 0 Å². The van der Waals surface area contributed by atoms with Gasteiger partial charge in [-0.2, -0.15) is 0 Å². The number of aliphatic carboxylic acids is 1. The summed E-state index contributed by atoms with van der Waals surface area (Å²) in [7, 11) is 0. The van der Waals surface area contributed by atoms with Crippen LogP contribution in [0.5, 0.6) is 5.75 Å². The fourth-order valence-electron chi connectivity index (χ4n) is 2.18.